The van der Waals surface area contributed by atoms with Crippen molar-refractivity contribution in [1.29, 1.82) is 0 Å². The Kier molecular flexibility index (Phi) is 4.24. The van der Waals surface area contributed by atoms with Crippen molar-refractivity contribution in [2.45, 2.75) is 39.0 Å². The van der Waals surface area contributed by atoms with Crippen LogP contribution in [0.1, 0.15) is 39.2 Å². The number of nitrogens with one attached hydrogen (secondary N) is 1. The molecule has 3 heterocycles. The van der Waals surface area contributed by atoms with Crippen LogP contribution < -0.4 is 10.1 Å². The molecular formula is C19H18N2O4S. The van der Waals surface area contributed by atoms with Crippen molar-refractivity contribution in [3.8, 4) is 5.75 Å². The third-order valence-corrected chi connectivity index (χ3v) is 5.78. The van der Waals surface area contributed by atoms with Gasteiger partial charge >= 0.3 is 0 Å². The SMILES string of the molecule is Cc1ccc(OCc2scc3c2CN(C2CCC(=O)NC2=O)C3=O)cc1. The first kappa shape index (κ1) is 16.8. The summed E-state index contributed by atoms with van der Waals surface area (Å²) in [5, 5.41) is 4.15. The topological polar surface area (TPSA) is 75.7 Å². The molecule has 0 spiro atoms. The predicted octanol–water partition coefficient (Wildman–Crippen LogP) is 2.40. The standard InChI is InChI=1S/C19H18N2O4S/c1-11-2-4-12(5-3-11)25-9-16-13-8-21(19(24)14(13)10-26-16)15-6-7-17(22)20-18(15)23/h2-5,10,15H,6-9H2,1H3,(H,20,22,23). The number of amides is 3. The van der Waals surface area contributed by atoms with Crippen molar-refractivity contribution < 1.29 is 19.1 Å². The first-order chi connectivity index (χ1) is 12.5. The Morgan fingerprint density at radius 2 is 2.00 bits per heavy atom. The molecule has 1 saturated heterocycles. The number of thiophene rings is 1. The number of ether oxygens (including phenoxy) is 1. The number of rotatable bonds is 4. The highest BCUT2D eigenvalue weighted by molar-refractivity contribution is 7.10. The molecule has 1 aromatic carbocycles. The van der Waals surface area contributed by atoms with Crippen molar-refractivity contribution >= 4 is 29.1 Å². The smallest absolute Gasteiger partial charge is 0.256 e. The van der Waals surface area contributed by atoms with E-state index in [2.05, 4.69) is 5.32 Å². The van der Waals surface area contributed by atoms with Crippen LogP contribution >= 0.6 is 11.3 Å². The zero-order chi connectivity index (χ0) is 18.3. The number of benzene rings is 1. The zero-order valence-electron chi connectivity index (χ0n) is 14.3. The van der Waals surface area contributed by atoms with Crippen LogP contribution in [0.3, 0.4) is 0 Å². The van der Waals surface area contributed by atoms with Gasteiger partial charge in [-0.3, -0.25) is 19.7 Å². The Balaban J connectivity index is 1.48. The van der Waals surface area contributed by atoms with Crippen molar-refractivity contribution in [3.63, 3.8) is 0 Å². The molecule has 1 unspecified atom stereocenters. The molecule has 3 amide bonds. The number of hydrogen-bond acceptors (Lipinski definition) is 5. The quantitative estimate of drug-likeness (QED) is 0.839. The Morgan fingerprint density at radius 3 is 2.73 bits per heavy atom. The van der Waals surface area contributed by atoms with Crippen molar-refractivity contribution in [1.82, 2.24) is 10.2 Å². The molecule has 1 aromatic heterocycles. The third kappa shape index (κ3) is 2.99. The minimum atomic E-state index is -0.580. The van der Waals surface area contributed by atoms with Gasteiger partial charge < -0.3 is 9.64 Å². The van der Waals surface area contributed by atoms with Crippen LogP contribution in [0.2, 0.25) is 0 Å². The minimum Gasteiger partial charge on any atom is -0.488 e. The first-order valence-corrected chi connectivity index (χ1v) is 9.34. The maximum atomic E-state index is 12.7. The van der Waals surface area contributed by atoms with Gasteiger partial charge in [-0.25, -0.2) is 0 Å². The van der Waals surface area contributed by atoms with Crippen LogP contribution in [0.15, 0.2) is 29.6 Å². The van der Waals surface area contributed by atoms with Crippen molar-refractivity contribution in [3.05, 3.63) is 51.2 Å². The molecule has 2 aliphatic rings. The van der Waals surface area contributed by atoms with Gasteiger partial charge in [-0.1, -0.05) is 17.7 Å². The van der Waals surface area contributed by atoms with Crippen LogP contribution in [0.25, 0.3) is 0 Å². The fourth-order valence-corrected chi connectivity index (χ4v) is 4.25. The van der Waals surface area contributed by atoms with E-state index < -0.39 is 6.04 Å². The second-order valence-corrected chi connectivity index (χ2v) is 7.52. The summed E-state index contributed by atoms with van der Waals surface area (Å²) in [6.07, 6.45) is 0.635. The fraction of sp³-hybridized carbons (Fsp3) is 0.316. The fourth-order valence-electron chi connectivity index (χ4n) is 3.31. The van der Waals surface area contributed by atoms with Gasteiger partial charge in [0.2, 0.25) is 11.8 Å². The van der Waals surface area contributed by atoms with Gasteiger partial charge in [-0.15, -0.1) is 11.3 Å². The highest BCUT2D eigenvalue weighted by atomic mass is 32.1. The van der Waals surface area contributed by atoms with Gasteiger partial charge in [-0.2, -0.15) is 0 Å². The van der Waals surface area contributed by atoms with Gasteiger partial charge in [-0.05, 0) is 25.5 Å². The number of aryl methyl sites for hydroxylation is 1. The van der Waals surface area contributed by atoms with E-state index in [0.717, 1.165) is 16.2 Å². The summed E-state index contributed by atoms with van der Waals surface area (Å²) in [5.41, 5.74) is 2.74. The number of nitrogens with zero attached hydrogens (tertiary/aromatic N) is 1. The van der Waals surface area contributed by atoms with E-state index in [9.17, 15) is 14.4 Å². The van der Waals surface area contributed by atoms with Gasteiger partial charge in [0.05, 0.1) is 5.56 Å². The third-order valence-electron chi connectivity index (χ3n) is 4.78. The average Bonchev–Trinajstić information content (AvgIpc) is 3.15. The Bertz CT molecular complexity index is 887. The average molecular weight is 370 g/mol. The predicted molar refractivity (Wildman–Crippen MR) is 95.9 cm³/mol. The molecule has 1 fully saturated rings. The van der Waals surface area contributed by atoms with Crippen LogP contribution in [0, 0.1) is 6.92 Å². The number of imide groups is 1. The minimum absolute atomic E-state index is 0.146. The molecule has 0 aliphatic carbocycles. The second kappa shape index (κ2) is 6.57. The van der Waals surface area contributed by atoms with Gasteiger partial charge in [0.1, 0.15) is 18.4 Å². The molecule has 6 nitrogen and oxygen atoms in total. The highest BCUT2D eigenvalue weighted by Crippen LogP contribution is 2.34. The van der Waals surface area contributed by atoms with Crippen molar-refractivity contribution in [2.75, 3.05) is 0 Å². The zero-order valence-corrected chi connectivity index (χ0v) is 15.1. The Labute approximate surface area is 154 Å². The van der Waals surface area contributed by atoms with Crippen LogP contribution in [-0.4, -0.2) is 28.7 Å². The number of carbonyl (C=O) groups is 3. The Hall–Kier alpha value is -2.67. The molecule has 2 aromatic rings. The van der Waals surface area contributed by atoms with Crippen LogP contribution in [0.5, 0.6) is 5.75 Å². The number of carbonyl (C=O) groups excluding carboxylic acids is 3. The lowest BCUT2D eigenvalue weighted by atomic mass is 10.0. The van der Waals surface area contributed by atoms with Gasteiger partial charge in [0.15, 0.2) is 0 Å². The van der Waals surface area contributed by atoms with E-state index in [1.54, 1.807) is 4.90 Å². The van der Waals surface area contributed by atoms with E-state index in [1.165, 1.54) is 16.9 Å². The summed E-state index contributed by atoms with van der Waals surface area (Å²) in [6, 6.07) is 7.24. The van der Waals surface area contributed by atoms with E-state index >= 15 is 0 Å². The summed E-state index contributed by atoms with van der Waals surface area (Å²) >= 11 is 1.50. The molecule has 0 saturated carbocycles. The summed E-state index contributed by atoms with van der Waals surface area (Å²) in [5.74, 6) is -0.0309. The monoisotopic (exact) mass is 370 g/mol. The maximum absolute atomic E-state index is 12.7. The number of hydrogen-bond donors (Lipinski definition) is 1. The molecule has 26 heavy (non-hydrogen) atoms. The molecule has 1 atom stereocenters. The van der Waals surface area contributed by atoms with Gasteiger partial charge in [0, 0.05) is 28.8 Å². The molecule has 2 aliphatic heterocycles. The van der Waals surface area contributed by atoms with E-state index in [1.807, 2.05) is 36.6 Å². The molecule has 4 rings (SSSR count). The lowest BCUT2D eigenvalue weighted by Crippen LogP contribution is -2.52. The Morgan fingerprint density at radius 1 is 1.23 bits per heavy atom. The van der Waals surface area contributed by atoms with Crippen LogP contribution in [0.4, 0.5) is 0 Å². The summed E-state index contributed by atoms with van der Waals surface area (Å²) in [4.78, 5) is 38.6. The first-order valence-electron chi connectivity index (χ1n) is 8.46. The largest absolute Gasteiger partial charge is 0.488 e. The molecule has 1 N–H and O–H groups in total. The molecular weight excluding hydrogens is 352 g/mol. The number of fused-ring (bicyclic) bond motifs is 1. The lowest BCUT2D eigenvalue weighted by Gasteiger charge is -2.29. The molecule has 0 radical (unpaired) electrons. The van der Waals surface area contributed by atoms with Gasteiger partial charge in [0.25, 0.3) is 5.91 Å². The second-order valence-electron chi connectivity index (χ2n) is 6.55. The van der Waals surface area contributed by atoms with Crippen LogP contribution in [-0.2, 0) is 22.7 Å². The summed E-state index contributed by atoms with van der Waals surface area (Å²) < 4.78 is 5.84. The molecule has 7 heteroatoms. The highest BCUT2D eigenvalue weighted by Gasteiger charge is 2.40. The normalized spacial score (nSPS) is 19.5. The van der Waals surface area contributed by atoms with E-state index in [0.29, 0.717) is 25.1 Å². The summed E-state index contributed by atoms with van der Waals surface area (Å²) in [7, 11) is 0. The molecule has 0 bridgehead atoms. The lowest BCUT2D eigenvalue weighted by molar-refractivity contribution is -0.136. The molecule has 134 valence electrons. The van der Waals surface area contributed by atoms with E-state index in [-0.39, 0.29) is 24.1 Å². The number of piperidine rings is 1. The summed E-state index contributed by atoms with van der Waals surface area (Å²) in [6.45, 7) is 2.79. The van der Waals surface area contributed by atoms with E-state index in [4.69, 9.17) is 4.74 Å². The maximum Gasteiger partial charge on any atom is 0.256 e. The van der Waals surface area contributed by atoms with Crippen molar-refractivity contribution in [2.24, 2.45) is 0 Å².